The van der Waals surface area contributed by atoms with Crippen LogP contribution in [0.1, 0.15) is 12.6 Å². The highest BCUT2D eigenvalue weighted by Crippen LogP contribution is 2.24. The maximum Gasteiger partial charge on any atom is 0.317 e. The molecular formula is C15H19N3O3. The first kappa shape index (κ1) is 14.9. The number of carbonyl (C=O) groups is 1. The molecule has 0 saturated carbocycles. The summed E-state index contributed by atoms with van der Waals surface area (Å²) < 4.78 is 10.5. The van der Waals surface area contributed by atoms with E-state index in [0.717, 1.165) is 11.3 Å². The average Bonchev–Trinajstić information content (AvgIpc) is 2.96. The number of amides is 2. The van der Waals surface area contributed by atoms with E-state index < -0.39 is 0 Å². The molecule has 0 atom stereocenters. The Morgan fingerprint density at radius 1 is 1.43 bits per heavy atom. The fraction of sp³-hybridized carbons (Fsp3) is 0.333. The van der Waals surface area contributed by atoms with Gasteiger partial charge in [-0.2, -0.15) is 0 Å². The third kappa shape index (κ3) is 3.75. The van der Waals surface area contributed by atoms with Crippen LogP contribution in [-0.4, -0.2) is 36.8 Å². The molecule has 0 bridgehead atoms. The van der Waals surface area contributed by atoms with Crippen molar-refractivity contribution in [1.29, 1.82) is 0 Å². The van der Waals surface area contributed by atoms with Gasteiger partial charge in [0.05, 0.1) is 13.7 Å². The standard InChI is InChI=1S/C15H19N3O3/c1-4-16-15(19)18(2)10-12-9-14(21-17-12)11-6-5-7-13(8-11)20-3/h5-9H,4,10H2,1-3H3,(H,16,19). The Morgan fingerprint density at radius 3 is 2.95 bits per heavy atom. The van der Waals surface area contributed by atoms with Gasteiger partial charge in [-0.3, -0.25) is 0 Å². The van der Waals surface area contributed by atoms with Crippen molar-refractivity contribution >= 4 is 6.03 Å². The highest BCUT2D eigenvalue weighted by atomic mass is 16.5. The first-order chi connectivity index (χ1) is 10.1. The van der Waals surface area contributed by atoms with E-state index in [2.05, 4.69) is 10.5 Å². The molecule has 0 spiro atoms. The lowest BCUT2D eigenvalue weighted by molar-refractivity contribution is 0.206. The van der Waals surface area contributed by atoms with Crippen LogP contribution in [-0.2, 0) is 6.54 Å². The van der Waals surface area contributed by atoms with Gasteiger partial charge in [0.25, 0.3) is 0 Å². The Balaban J connectivity index is 2.09. The molecule has 0 fully saturated rings. The molecule has 6 heteroatoms. The summed E-state index contributed by atoms with van der Waals surface area (Å²) in [6.45, 7) is 2.86. The molecule has 2 rings (SSSR count). The Kier molecular flexibility index (Phi) is 4.81. The molecule has 0 unspecified atom stereocenters. The summed E-state index contributed by atoms with van der Waals surface area (Å²) in [6.07, 6.45) is 0. The number of nitrogens with one attached hydrogen (secondary N) is 1. The molecule has 2 aromatic rings. The maximum atomic E-state index is 11.6. The van der Waals surface area contributed by atoms with Crippen LogP contribution >= 0.6 is 0 Å². The minimum absolute atomic E-state index is 0.136. The average molecular weight is 289 g/mol. The van der Waals surface area contributed by atoms with Gasteiger partial charge < -0.3 is 19.5 Å². The van der Waals surface area contributed by atoms with Crippen LogP contribution in [0.15, 0.2) is 34.9 Å². The minimum Gasteiger partial charge on any atom is -0.497 e. The number of methoxy groups -OCH3 is 1. The Bertz CT molecular complexity index is 610. The molecule has 1 aromatic heterocycles. The lowest BCUT2D eigenvalue weighted by Gasteiger charge is -2.15. The number of aromatic nitrogens is 1. The summed E-state index contributed by atoms with van der Waals surface area (Å²) >= 11 is 0. The Labute approximate surface area is 123 Å². The van der Waals surface area contributed by atoms with Crippen molar-refractivity contribution in [1.82, 2.24) is 15.4 Å². The first-order valence-corrected chi connectivity index (χ1v) is 6.73. The van der Waals surface area contributed by atoms with Gasteiger partial charge in [0.2, 0.25) is 0 Å². The van der Waals surface area contributed by atoms with E-state index in [9.17, 15) is 4.79 Å². The van der Waals surface area contributed by atoms with Gasteiger partial charge in [-0.1, -0.05) is 17.3 Å². The number of carbonyl (C=O) groups excluding carboxylic acids is 1. The fourth-order valence-electron chi connectivity index (χ4n) is 1.90. The predicted octanol–water partition coefficient (Wildman–Crippen LogP) is 2.51. The quantitative estimate of drug-likeness (QED) is 0.918. The Hall–Kier alpha value is -2.50. The van der Waals surface area contributed by atoms with Gasteiger partial charge in [-0.05, 0) is 19.1 Å². The van der Waals surface area contributed by atoms with Crippen LogP contribution in [0.5, 0.6) is 5.75 Å². The van der Waals surface area contributed by atoms with Crippen molar-refractivity contribution in [3.63, 3.8) is 0 Å². The normalized spacial score (nSPS) is 10.2. The third-order valence-electron chi connectivity index (χ3n) is 2.99. The van der Waals surface area contributed by atoms with E-state index in [0.29, 0.717) is 24.5 Å². The summed E-state index contributed by atoms with van der Waals surface area (Å²) in [5, 5.41) is 6.72. The number of rotatable bonds is 5. The zero-order valence-electron chi connectivity index (χ0n) is 12.4. The van der Waals surface area contributed by atoms with Gasteiger partial charge >= 0.3 is 6.03 Å². The van der Waals surface area contributed by atoms with Crippen LogP contribution in [0.25, 0.3) is 11.3 Å². The second kappa shape index (κ2) is 6.78. The summed E-state index contributed by atoms with van der Waals surface area (Å²) in [7, 11) is 3.33. The summed E-state index contributed by atoms with van der Waals surface area (Å²) in [5.41, 5.74) is 1.58. The molecule has 0 aliphatic heterocycles. The number of ether oxygens (including phenoxy) is 1. The molecule has 1 N–H and O–H groups in total. The van der Waals surface area contributed by atoms with E-state index in [1.165, 1.54) is 0 Å². The fourth-order valence-corrected chi connectivity index (χ4v) is 1.90. The molecule has 2 amide bonds. The van der Waals surface area contributed by atoms with Gasteiger partial charge in [0.15, 0.2) is 5.76 Å². The zero-order valence-corrected chi connectivity index (χ0v) is 12.4. The number of hydrogen-bond donors (Lipinski definition) is 1. The summed E-state index contributed by atoms with van der Waals surface area (Å²) in [5.74, 6) is 1.40. The second-order valence-electron chi connectivity index (χ2n) is 4.61. The topological polar surface area (TPSA) is 67.6 Å². The molecular weight excluding hydrogens is 270 g/mol. The zero-order chi connectivity index (χ0) is 15.2. The van der Waals surface area contributed by atoms with Crippen molar-refractivity contribution in [2.45, 2.75) is 13.5 Å². The van der Waals surface area contributed by atoms with Gasteiger partial charge in [-0.15, -0.1) is 0 Å². The maximum absolute atomic E-state index is 11.6. The number of hydrogen-bond acceptors (Lipinski definition) is 4. The molecule has 1 heterocycles. The van der Waals surface area contributed by atoms with Gasteiger partial charge in [0.1, 0.15) is 11.4 Å². The van der Waals surface area contributed by atoms with Crippen molar-refractivity contribution in [2.24, 2.45) is 0 Å². The van der Waals surface area contributed by atoms with Crippen molar-refractivity contribution in [2.75, 3.05) is 20.7 Å². The van der Waals surface area contributed by atoms with E-state index in [1.807, 2.05) is 37.3 Å². The molecule has 0 aliphatic rings. The van der Waals surface area contributed by atoms with Crippen LogP contribution < -0.4 is 10.1 Å². The lowest BCUT2D eigenvalue weighted by atomic mass is 10.1. The van der Waals surface area contributed by atoms with Crippen molar-refractivity contribution in [3.05, 3.63) is 36.0 Å². The Morgan fingerprint density at radius 2 is 2.24 bits per heavy atom. The van der Waals surface area contributed by atoms with E-state index in [4.69, 9.17) is 9.26 Å². The first-order valence-electron chi connectivity index (χ1n) is 6.73. The highest BCUT2D eigenvalue weighted by molar-refractivity contribution is 5.73. The number of benzene rings is 1. The molecule has 1 aromatic carbocycles. The van der Waals surface area contributed by atoms with Gasteiger partial charge in [-0.25, -0.2) is 4.79 Å². The molecule has 6 nitrogen and oxygen atoms in total. The van der Waals surface area contributed by atoms with Crippen LogP contribution in [0, 0.1) is 0 Å². The van der Waals surface area contributed by atoms with E-state index >= 15 is 0 Å². The summed E-state index contributed by atoms with van der Waals surface area (Å²) in [4.78, 5) is 13.2. The van der Waals surface area contributed by atoms with Crippen LogP contribution in [0.2, 0.25) is 0 Å². The monoisotopic (exact) mass is 289 g/mol. The van der Waals surface area contributed by atoms with E-state index in [1.54, 1.807) is 19.1 Å². The molecule has 0 saturated heterocycles. The molecule has 112 valence electrons. The second-order valence-corrected chi connectivity index (χ2v) is 4.61. The van der Waals surface area contributed by atoms with Crippen molar-refractivity contribution < 1.29 is 14.1 Å². The number of nitrogens with zero attached hydrogens (tertiary/aromatic N) is 2. The van der Waals surface area contributed by atoms with Crippen LogP contribution in [0.3, 0.4) is 0 Å². The lowest BCUT2D eigenvalue weighted by Crippen LogP contribution is -2.36. The smallest absolute Gasteiger partial charge is 0.317 e. The largest absolute Gasteiger partial charge is 0.497 e. The molecule has 21 heavy (non-hydrogen) atoms. The third-order valence-corrected chi connectivity index (χ3v) is 2.99. The molecule has 0 radical (unpaired) electrons. The minimum atomic E-state index is -0.136. The van der Waals surface area contributed by atoms with Crippen LogP contribution in [0.4, 0.5) is 4.79 Å². The van der Waals surface area contributed by atoms with Gasteiger partial charge in [0, 0.05) is 25.2 Å². The van der Waals surface area contributed by atoms with Crippen molar-refractivity contribution in [3.8, 4) is 17.1 Å². The summed E-state index contributed by atoms with van der Waals surface area (Å²) in [6, 6.07) is 9.23. The van der Waals surface area contributed by atoms with E-state index in [-0.39, 0.29) is 6.03 Å². The number of urea groups is 1. The molecule has 0 aliphatic carbocycles. The SMILES string of the molecule is CCNC(=O)N(C)Cc1cc(-c2cccc(OC)c2)on1. The predicted molar refractivity (Wildman–Crippen MR) is 79.0 cm³/mol. The highest BCUT2D eigenvalue weighted by Gasteiger charge is 2.12.